The van der Waals surface area contributed by atoms with Crippen molar-refractivity contribution >= 4 is 5.78 Å². The summed E-state index contributed by atoms with van der Waals surface area (Å²) in [5, 5.41) is 16.9. The third kappa shape index (κ3) is 1.88. The van der Waals surface area contributed by atoms with E-state index >= 15 is 0 Å². The zero-order chi connectivity index (χ0) is 9.68. The number of rotatable bonds is 2. The molecule has 1 heterocycles. The lowest BCUT2D eigenvalue weighted by Gasteiger charge is -1.97. The molecule has 0 aliphatic carbocycles. The summed E-state index contributed by atoms with van der Waals surface area (Å²) in [6, 6.07) is 6.19. The second-order valence-corrected chi connectivity index (χ2v) is 2.29. The van der Waals surface area contributed by atoms with Crippen LogP contribution in [-0.4, -0.2) is 10.8 Å². The maximum atomic E-state index is 11.3. The molecule has 0 amide bonds. The molecule has 0 bridgehead atoms. The number of nitrogens with zero attached hydrogens (tertiary/aromatic N) is 3. The van der Waals surface area contributed by atoms with E-state index in [1.807, 2.05) is 0 Å². The highest BCUT2D eigenvalue weighted by molar-refractivity contribution is 6.00. The summed E-state index contributed by atoms with van der Waals surface area (Å²) in [4.78, 5) is 15.1. The highest BCUT2D eigenvalue weighted by Crippen LogP contribution is 2.05. The Morgan fingerprint density at radius 2 is 1.85 bits per heavy atom. The normalized spacial score (nSPS) is 8.85. The van der Waals surface area contributed by atoms with Gasteiger partial charge in [-0.25, -0.2) is 0 Å². The van der Waals surface area contributed by atoms with E-state index in [1.54, 1.807) is 12.1 Å². The van der Waals surface area contributed by atoms with Crippen LogP contribution >= 0.6 is 0 Å². The highest BCUT2D eigenvalue weighted by Gasteiger charge is 2.18. The number of carbonyl (C=O) groups is 1. The Morgan fingerprint density at radius 3 is 2.31 bits per heavy atom. The molecule has 0 atom stereocenters. The summed E-state index contributed by atoms with van der Waals surface area (Å²) in [7, 11) is 0. The first-order valence-corrected chi connectivity index (χ1v) is 3.53. The molecule has 1 aromatic heterocycles. The van der Waals surface area contributed by atoms with Gasteiger partial charge in [-0.3, -0.25) is 9.78 Å². The largest absolute Gasteiger partial charge is 0.291 e. The minimum Gasteiger partial charge on any atom is -0.291 e. The number of hydrogen-bond donors (Lipinski definition) is 0. The number of pyridine rings is 1. The molecule has 4 nitrogen and oxygen atoms in total. The Bertz CT molecular complexity index is 372. The van der Waals surface area contributed by atoms with E-state index in [-0.39, 0.29) is 0 Å². The molecule has 0 aromatic carbocycles. The van der Waals surface area contributed by atoms with E-state index in [2.05, 4.69) is 4.98 Å². The van der Waals surface area contributed by atoms with Crippen LogP contribution in [0.1, 0.15) is 10.4 Å². The lowest BCUT2D eigenvalue weighted by molar-refractivity contribution is 0.0971. The second-order valence-electron chi connectivity index (χ2n) is 2.29. The van der Waals surface area contributed by atoms with Gasteiger partial charge in [-0.15, -0.1) is 0 Å². The van der Waals surface area contributed by atoms with Crippen molar-refractivity contribution < 1.29 is 4.79 Å². The lowest BCUT2D eigenvalue weighted by Crippen LogP contribution is -2.10. The van der Waals surface area contributed by atoms with Gasteiger partial charge in [-0.2, -0.15) is 10.5 Å². The minimum absolute atomic E-state index is 0.336. The minimum atomic E-state index is -1.22. The smallest absolute Gasteiger partial charge is 0.195 e. The molecule has 0 radical (unpaired) electrons. The van der Waals surface area contributed by atoms with Crippen LogP contribution in [0.5, 0.6) is 0 Å². The molecule has 0 spiro atoms. The van der Waals surface area contributed by atoms with Gasteiger partial charge >= 0.3 is 0 Å². The van der Waals surface area contributed by atoms with Crippen molar-refractivity contribution in [3.8, 4) is 12.1 Å². The highest BCUT2D eigenvalue weighted by atomic mass is 16.1. The van der Waals surface area contributed by atoms with Gasteiger partial charge in [-0.05, 0) is 12.1 Å². The fourth-order valence-corrected chi connectivity index (χ4v) is 0.829. The molecule has 0 saturated carbocycles. The fourth-order valence-electron chi connectivity index (χ4n) is 0.829. The number of ketones is 1. The molecule has 62 valence electrons. The Morgan fingerprint density at radius 1 is 1.31 bits per heavy atom. The third-order valence-corrected chi connectivity index (χ3v) is 1.49. The van der Waals surface area contributed by atoms with Gasteiger partial charge in [0.05, 0.1) is 12.1 Å². The van der Waals surface area contributed by atoms with Crippen LogP contribution in [0.25, 0.3) is 0 Å². The van der Waals surface area contributed by atoms with Crippen molar-refractivity contribution in [1.82, 2.24) is 4.98 Å². The van der Waals surface area contributed by atoms with Crippen LogP contribution in [0.3, 0.4) is 0 Å². The first kappa shape index (κ1) is 8.89. The van der Waals surface area contributed by atoms with Crippen LogP contribution in [0, 0.1) is 28.6 Å². The number of carbonyl (C=O) groups excluding carboxylic acids is 1. The summed E-state index contributed by atoms with van der Waals surface area (Å²) < 4.78 is 0. The van der Waals surface area contributed by atoms with Crippen molar-refractivity contribution in [2.24, 2.45) is 5.92 Å². The number of aromatic nitrogens is 1. The molecular weight excluding hydrogens is 166 g/mol. The van der Waals surface area contributed by atoms with E-state index < -0.39 is 11.7 Å². The summed E-state index contributed by atoms with van der Waals surface area (Å²) in [6.45, 7) is 0. The third-order valence-electron chi connectivity index (χ3n) is 1.49. The van der Waals surface area contributed by atoms with Crippen LogP contribution in [-0.2, 0) is 0 Å². The van der Waals surface area contributed by atoms with E-state index in [4.69, 9.17) is 10.5 Å². The average Bonchev–Trinajstić information content (AvgIpc) is 2.21. The Balaban J connectivity index is 2.95. The standard InChI is InChI=1S/C9H5N3O/c10-5-8(6-11)9(13)7-1-3-12-4-2-7/h1-4,8H. The maximum absolute atomic E-state index is 11.3. The van der Waals surface area contributed by atoms with Crippen LogP contribution in [0.15, 0.2) is 24.5 Å². The van der Waals surface area contributed by atoms with Crippen LogP contribution < -0.4 is 0 Å². The molecule has 1 rings (SSSR count). The molecule has 0 unspecified atom stereocenters. The summed E-state index contributed by atoms with van der Waals surface area (Å²) in [6.07, 6.45) is 2.89. The summed E-state index contributed by atoms with van der Waals surface area (Å²) in [5.74, 6) is -1.70. The number of nitriles is 2. The molecule has 4 heteroatoms. The van der Waals surface area contributed by atoms with Gasteiger partial charge in [-0.1, -0.05) is 0 Å². The SMILES string of the molecule is N#CC(C#N)C(=O)c1ccncc1. The molecule has 0 aliphatic rings. The van der Waals surface area contributed by atoms with Crippen molar-refractivity contribution in [3.63, 3.8) is 0 Å². The molecule has 0 fully saturated rings. The topological polar surface area (TPSA) is 77.5 Å². The quantitative estimate of drug-likeness (QED) is 0.620. The molecule has 13 heavy (non-hydrogen) atoms. The predicted molar refractivity (Wildman–Crippen MR) is 43.3 cm³/mol. The first-order chi connectivity index (χ1) is 6.29. The monoisotopic (exact) mass is 171 g/mol. The van der Waals surface area contributed by atoms with Crippen molar-refractivity contribution in [2.75, 3.05) is 0 Å². The fraction of sp³-hybridized carbons (Fsp3) is 0.111. The van der Waals surface area contributed by atoms with Gasteiger partial charge in [0.25, 0.3) is 0 Å². The molecular formula is C9H5N3O. The van der Waals surface area contributed by atoms with Gasteiger partial charge in [0.15, 0.2) is 11.7 Å². The second kappa shape index (κ2) is 3.99. The zero-order valence-corrected chi connectivity index (χ0v) is 6.64. The first-order valence-electron chi connectivity index (χ1n) is 3.53. The van der Waals surface area contributed by atoms with Gasteiger partial charge in [0.2, 0.25) is 0 Å². The average molecular weight is 171 g/mol. The summed E-state index contributed by atoms with van der Waals surface area (Å²) >= 11 is 0. The van der Waals surface area contributed by atoms with Gasteiger partial charge in [0.1, 0.15) is 0 Å². The summed E-state index contributed by atoms with van der Waals surface area (Å²) in [5.41, 5.74) is 0.336. The van der Waals surface area contributed by atoms with Gasteiger partial charge < -0.3 is 0 Å². The zero-order valence-electron chi connectivity index (χ0n) is 6.64. The van der Waals surface area contributed by atoms with E-state index in [0.29, 0.717) is 5.56 Å². The van der Waals surface area contributed by atoms with Gasteiger partial charge in [0, 0.05) is 18.0 Å². The van der Waals surface area contributed by atoms with Crippen molar-refractivity contribution in [1.29, 1.82) is 10.5 Å². The molecule has 0 aliphatic heterocycles. The van der Waals surface area contributed by atoms with Crippen molar-refractivity contribution in [2.45, 2.75) is 0 Å². The van der Waals surface area contributed by atoms with E-state index in [0.717, 1.165) is 0 Å². The lowest BCUT2D eigenvalue weighted by atomic mass is 10.0. The number of hydrogen-bond acceptors (Lipinski definition) is 4. The van der Waals surface area contributed by atoms with E-state index in [9.17, 15) is 4.79 Å². The Labute approximate surface area is 75.1 Å². The molecule has 1 aromatic rings. The molecule has 0 saturated heterocycles. The number of Topliss-reactive ketones (excluding diaryl/α,β-unsaturated/α-hetero) is 1. The Kier molecular flexibility index (Phi) is 2.73. The van der Waals surface area contributed by atoms with Crippen LogP contribution in [0.4, 0.5) is 0 Å². The maximum Gasteiger partial charge on any atom is 0.195 e. The Hall–Kier alpha value is -2.20. The van der Waals surface area contributed by atoms with Crippen LogP contribution in [0.2, 0.25) is 0 Å². The molecule has 0 N–H and O–H groups in total. The predicted octanol–water partition coefficient (Wildman–Crippen LogP) is 0.928. The van der Waals surface area contributed by atoms with E-state index in [1.165, 1.54) is 24.5 Å². The van der Waals surface area contributed by atoms with Crippen molar-refractivity contribution in [3.05, 3.63) is 30.1 Å².